The Labute approximate surface area is 290 Å². The zero-order valence-corrected chi connectivity index (χ0v) is 29.8. The molecule has 0 radical (unpaired) electrons. The van der Waals surface area contributed by atoms with E-state index in [0.717, 1.165) is 28.3 Å². The number of rotatable bonds is 15. The Bertz CT molecular complexity index is 1770. The quantitative estimate of drug-likeness (QED) is 0.131. The number of methoxy groups -OCH3 is 1. The summed E-state index contributed by atoms with van der Waals surface area (Å²) in [4.78, 5) is 29.9. The first-order valence-corrected chi connectivity index (χ1v) is 17.9. The average Bonchev–Trinajstić information content (AvgIpc) is 3.06. The number of sulfonamides is 1. The van der Waals surface area contributed by atoms with E-state index in [2.05, 4.69) is 21.2 Å². The minimum absolute atomic E-state index is 0.00687. The molecule has 0 saturated heterocycles. The van der Waals surface area contributed by atoms with Gasteiger partial charge in [0, 0.05) is 24.5 Å². The number of halogens is 2. The molecule has 0 aromatic heterocycles. The molecule has 8 nitrogen and oxygen atoms in total. The van der Waals surface area contributed by atoms with Crippen molar-refractivity contribution in [2.75, 3.05) is 24.5 Å². The molecule has 47 heavy (non-hydrogen) atoms. The molecule has 0 bridgehead atoms. The maximum Gasteiger partial charge on any atom is 0.264 e. The van der Waals surface area contributed by atoms with Crippen molar-refractivity contribution in [2.24, 2.45) is 0 Å². The third-order valence-electron chi connectivity index (χ3n) is 7.71. The minimum atomic E-state index is -4.27. The second-order valence-electron chi connectivity index (χ2n) is 11.1. The molecule has 0 aliphatic heterocycles. The van der Waals surface area contributed by atoms with Gasteiger partial charge in [0.25, 0.3) is 10.0 Å². The van der Waals surface area contributed by atoms with Crippen LogP contribution in [-0.2, 0) is 32.6 Å². The molecular formula is C36H39BrClN3O5S. The monoisotopic (exact) mass is 739 g/mol. The van der Waals surface area contributed by atoms with Crippen LogP contribution in [0.1, 0.15) is 36.5 Å². The van der Waals surface area contributed by atoms with Gasteiger partial charge in [-0.05, 0) is 76.8 Å². The summed E-state index contributed by atoms with van der Waals surface area (Å²) in [6, 6.07) is 26.9. The molecule has 248 valence electrons. The van der Waals surface area contributed by atoms with E-state index in [1.165, 1.54) is 24.1 Å². The Morgan fingerprint density at radius 2 is 1.64 bits per heavy atom. The van der Waals surface area contributed by atoms with Crippen LogP contribution >= 0.6 is 27.5 Å². The van der Waals surface area contributed by atoms with E-state index in [-0.39, 0.29) is 23.8 Å². The Morgan fingerprint density at radius 3 is 2.28 bits per heavy atom. The second-order valence-corrected chi connectivity index (χ2v) is 14.2. The number of aryl methyl sites for hydroxylation is 1. The summed E-state index contributed by atoms with van der Waals surface area (Å²) in [5.74, 6) is -0.426. The number of nitrogens with one attached hydrogen (secondary N) is 1. The number of hydrogen-bond donors (Lipinski definition) is 1. The first kappa shape index (κ1) is 36.0. The zero-order chi connectivity index (χ0) is 34.0. The van der Waals surface area contributed by atoms with Crippen LogP contribution in [-0.4, -0.2) is 51.4 Å². The van der Waals surface area contributed by atoms with Gasteiger partial charge in [0.1, 0.15) is 18.3 Å². The largest absolute Gasteiger partial charge is 0.496 e. The van der Waals surface area contributed by atoms with Gasteiger partial charge in [-0.3, -0.25) is 13.9 Å². The number of unbranched alkanes of at least 4 members (excludes halogenated alkanes) is 1. The first-order valence-electron chi connectivity index (χ1n) is 15.3. The fourth-order valence-electron chi connectivity index (χ4n) is 5.04. The van der Waals surface area contributed by atoms with Gasteiger partial charge in [0.05, 0.1) is 22.2 Å². The normalized spacial score (nSPS) is 11.9. The van der Waals surface area contributed by atoms with Crippen LogP contribution in [0.15, 0.2) is 106 Å². The summed E-state index contributed by atoms with van der Waals surface area (Å²) in [6.07, 6.45) is 1.88. The van der Waals surface area contributed by atoms with Crippen LogP contribution < -0.4 is 14.4 Å². The number of amides is 2. The van der Waals surface area contributed by atoms with Gasteiger partial charge in [-0.1, -0.05) is 91.2 Å². The summed E-state index contributed by atoms with van der Waals surface area (Å²) >= 11 is 9.95. The van der Waals surface area contributed by atoms with Crippen LogP contribution in [0.25, 0.3) is 0 Å². The summed E-state index contributed by atoms with van der Waals surface area (Å²) < 4.78 is 35.4. The Morgan fingerprint density at radius 1 is 0.957 bits per heavy atom. The Hall–Kier alpha value is -3.86. The lowest BCUT2D eigenvalue weighted by Gasteiger charge is -2.34. The number of benzene rings is 4. The van der Waals surface area contributed by atoms with Crippen molar-refractivity contribution in [3.8, 4) is 5.75 Å². The molecule has 0 heterocycles. The molecule has 11 heteroatoms. The number of nitrogens with zero attached hydrogens (tertiary/aromatic N) is 2. The van der Waals surface area contributed by atoms with Gasteiger partial charge in [0.2, 0.25) is 11.8 Å². The van der Waals surface area contributed by atoms with Crippen LogP contribution in [0.5, 0.6) is 5.75 Å². The van der Waals surface area contributed by atoms with E-state index >= 15 is 0 Å². The van der Waals surface area contributed by atoms with Gasteiger partial charge in [-0.2, -0.15) is 0 Å². The van der Waals surface area contributed by atoms with Gasteiger partial charge < -0.3 is 15.0 Å². The molecule has 0 aliphatic rings. The fraction of sp³-hybridized carbons (Fsp3) is 0.278. The van der Waals surface area contributed by atoms with Crippen molar-refractivity contribution < 1.29 is 22.7 Å². The molecule has 0 saturated carbocycles. The molecule has 4 aromatic carbocycles. The van der Waals surface area contributed by atoms with Crippen LogP contribution in [0, 0.1) is 6.92 Å². The van der Waals surface area contributed by atoms with E-state index in [1.54, 1.807) is 48.5 Å². The van der Waals surface area contributed by atoms with Crippen LogP contribution in [0.3, 0.4) is 0 Å². The fourth-order valence-corrected chi connectivity index (χ4v) is 7.37. The predicted molar refractivity (Wildman–Crippen MR) is 190 cm³/mol. The Kier molecular flexibility index (Phi) is 12.9. The van der Waals surface area contributed by atoms with Gasteiger partial charge in [0.15, 0.2) is 0 Å². The predicted octanol–water partition coefficient (Wildman–Crippen LogP) is 7.17. The van der Waals surface area contributed by atoms with Crippen molar-refractivity contribution >= 4 is 55.1 Å². The maximum atomic E-state index is 14.6. The summed E-state index contributed by atoms with van der Waals surface area (Å²) in [5, 5.41) is 3.42. The van der Waals surface area contributed by atoms with E-state index in [9.17, 15) is 18.0 Å². The van der Waals surface area contributed by atoms with Crippen molar-refractivity contribution in [3.05, 3.63) is 123 Å². The highest BCUT2D eigenvalue weighted by Gasteiger charge is 2.35. The molecule has 0 aliphatic carbocycles. The molecule has 0 fully saturated rings. The van der Waals surface area contributed by atoms with E-state index < -0.39 is 28.5 Å². The summed E-state index contributed by atoms with van der Waals surface area (Å²) in [7, 11) is -2.78. The SMILES string of the molecule is CCCCNC(=O)[C@@H](Cc1ccccc1)N(Cc1ccccc1Cl)C(=O)CN(c1ccc(C)cc1)S(=O)(=O)c1ccc(OC)c(Br)c1. The number of ether oxygens (including phenoxy) is 1. The molecule has 1 atom stereocenters. The van der Waals surface area contributed by atoms with E-state index in [1.807, 2.05) is 50.2 Å². The standard InChI is InChI=1S/C36H39BrClN3O5S/c1-4-5-21-39-36(43)33(22-27-11-7-6-8-12-27)40(24-28-13-9-10-14-32(28)38)35(42)25-41(29-17-15-26(2)16-18-29)47(44,45)30-19-20-34(46-3)31(37)23-30/h6-20,23,33H,4-5,21-22,24-25H2,1-3H3,(H,39,43)/t33-/m1/s1. The van der Waals surface area contributed by atoms with Crippen molar-refractivity contribution in [1.82, 2.24) is 10.2 Å². The zero-order valence-electron chi connectivity index (χ0n) is 26.7. The lowest BCUT2D eigenvalue weighted by molar-refractivity contribution is -0.140. The first-order chi connectivity index (χ1) is 22.5. The van der Waals surface area contributed by atoms with E-state index in [0.29, 0.717) is 33.0 Å². The maximum absolute atomic E-state index is 14.6. The third-order valence-corrected chi connectivity index (χ3v) is 10.5. The number of anilines is 1. The number of hydrogen-bond acceptors (Lipinski definition) is 5. The van der Waals surface area contributed by atoms with Crippen LogP contribution in [0.2, 0.25) is 5.02 Å². The van der Waals surface area contributed by atoms with Crippen molar-refractivity contribution in [2.45, 2.75) is 50.6 Å². The highest BCUT2D eigenvalue weighted by molar-refractivity contribution is 9.10. The third kappa shape index (κ3) is 9.37. The van der Waals surface area contributed by atoms with Gasteiger partial charge in [-0.25, -0.2) is 8.42 Å². The molecular weight excluding hydrogens is 702 g/mol. The van der Waals surface area contributed by atoms with Crippen molar-refractivity contribution in [1.29, 1.82) is 0 Å². The highest BCUT2D eigenvalue weighted by atomic mass is 79.9. The average molecular weight is 741 g/mol. The molecule has 4 aromatic rings. The molecule has 1 N–H and O–H groups in total. The van der Waals surface area contributed by atoms with Gasteiger partial charge in [-0.15, -0.1) is 0 Å². The smallest absolute Gasteiger partial charge is 0.264 e. The van der Waals surface area contributed by atoms with Crippen LogP contribution in [0.4, 0.5) is 5.69 Å². The summed E-state index contributed by atoms with van der Waals surface area (Å²) in [6.45, 7) is 3.80. The number of carbonyl (C=O) groups is 2. The molecule has 4 rings (SSSR count). The molecule has 0 spiro atoms. The molecule has 2 amide bonds. The van der Waals surface area contributed by atoms with Crippen molar-refractivity contribution in [3.63, 3.8) is 0 Å². The molecule has 0 unspecified atom stereocenters. The minimum Gasteiger partial charge on any atom is -0.496 e. The lowest BCUT2D eigenvalue weighted by Crippen LogP contribution is -2.53. The van der Waals surface area contributed by atoms with E-state index in [4.69, 9.17) is 16.3 Å². The summed E-state index contributed by atoms with van der Waals surface area (Å²) in [5.41, 5.74) is 2.72. The topological polar surface area (TPSA) is 96.0 Å². The Balaban J connectivity index is 1.81. The second kappa shape index (κ2) is 16.8. The lowest BCUT2D eigenvalue weighted by atomic mass is 10.0. The number of carbonyl (C=O) groups excluding carboxylic acids is 2. The highest BCUT2D eigenvalue weighted by Crippen LogP contribution is 2.31. The van der Waals surface area contributed by atoms with Gasteiger partial charge >= 0.3 is 0 Å².